The lowest BCUT2D eigenvalue weighted by Crippen LogP contribution is -3.07. The third-order valence-corrected chi connectivity index (χ3v) is 4.27. The van der Waals surface area contributed by atoms with Crippen LogP contribution in [0.1, 0.15) is 11.6 Å². The maximum absolute atomic E-state index is 12.2. The first kappa shape index (κ1) is 21.8. The lowest BCUT2D eigenvalue weighted by Gasteiger charge is -2.24. The normalized spacial score (nSPS) is 12.4. The molecule has 0 fully saturated rings. The molecule has 0 unspecified atom stereocenters. The van der Waals surface area contributed by atoms with Crippen molar-refractivity contribution >= 4 is 23.0 Å². The van der Waals surface area contributed by atoms with Crippen LogP contribution >= 0.6 is 12.2 Å². The first-order chi connectivity index (χ1) is 13.2. The minimum Gasteiger partial charge on any atom is -0.496 e. The summed E-state index contributed by atoms with van der Waals surface area (Å²) in [4.78, 5) is 1.19. The molecule has 0 aliphatic heterocycles. The number of hydrogen-bond acceptors (Lipinski definition) is 3. The van der Waals surface area contributed by atoms with Crippen LogP contribution in [0.3, 0.4) is 0 Å². The van der Waals surface area contributed by atoms with Crippen molar-refractivity contribution in [2.24, 2.45) is 0 Å². The summed E-state index contributed by atoms with van der Waals surface area (Å²) in [6, 6.07) is 13.2. The molecule has 0 amide bonds. The van der Waals surface area contributed by atoms with E-state index in [1.165, 1.54) is 29.2 Å². The highest BCUT2D eigenvalue weighted by molar-refractivity contribution is 7.80. The van der Waals surface area contributed by atoms with Gasteiger partial charge in [0, 0.05) is 5.69 Å². The van der Waals surface area contributed by atoms with Gasteiger partial charge in [0.2, 0.25) is 0 Å². The zero-order chi connectivity index (χ0) is 20.7. The lowest BCUT2D eigenvalue weighted by molar-refractivity contribution is -0.890. The molecule has 3 N–H and O–H groups in total. The molecule has 152 valence electrons. The molecule has 2 aromatic carbocycles. The van der Waals surface area contributed by atoms with Gasteiger partial charge in [0.15, 0.2) is 5.11 Å². The van der Waals surface area contributed by atoms with E-state index in [9.17, 15) is 13.2 Å². The van der Waals surface area contributed by atoms with Crippen molar-refractivity contribution in [1.82, 2.24) is 5.32 Å². The van der Waals surface area contributed by atoms with Gasteiger partial charge in [-0.2, -0.15) is 0 Å². The highest BCUT2D eigenvalue weighted by Crippen LogP contribution is 2.24. The largest absolute Gasteiger partial charge is 0.573 e. The maximum atomic E-state index is 12.2. The molecule has 0 saturated heterocycles. The molecular formula is C19H23F3N3O2S+. The maximum Gasteiger partial charge on any atom is 0.573 e. The van der Waals surface area contributed by atoms with Gasteiger partial charge in [-0.05, 0) is 48.6 Å². The molecule has 9 heteroatoms. The number of hydrogen-bond donors (Lipinski definition) is 3. The second-order valence-corrected chi connectivity index (χ2v) is 6.69. The fourth-order valence-corrected chi connectivity index (χ4v) is 2.89. The molecule has 0 saturated carbocycles. The van der Waals surface area contributed by atoms with Crippen LogP contribution in [-0.2, 0) is 0 Å². The van der Waals surface area contributed by atoms with Crippen molar-refractivity contribution in [2.45, 2.75) is 12.4 Å². The van der Waals surface area contributed by atoms with Gasteiger partial charge in [-0.15, -0.1) is 13.2 Å². The monoisotopic (exact) mass is 414 g/mol. The molecule has 0 bridgehead atoms. The van der Waals surface area contributed by atoms with E-state index in [-0.39, 0.29) is 11.8 Å². The van der Waals surface area contributed by atoms with Crippen molar-refractivity contribution < 1.29 is 27.5 Å². The van der Waals surface area contributed by atoms with E-state index in [1.807, 2.05) is 38.4 Å². The van der Waals surface area contributed by atoms with Gasteiger partial charge in [0.1, 0.15) is 17.5 Å². The highest BCUT2D eigenvalue weighted by Gasteiger charge is 2.31. The Hall–Kier alpha value is -2.52. The van der Waals surface area contributed by atoms with E-state index in [1.54, 1.807) is 7.11 Å². The second-order valence-electron chi connectivity index (χ2n) is 6.28. The number of benzene rings is 2. The molecule has 0 heterocycles. The quantitative estimate of drug-likeness (QED) is 0.609. The Kier molecular flexibility index (Phi) is 7.47. The summed E-state index contributed by atoms with van der Waals surface area (Å²) in [5.41, 5.74) is 1.60. The molecule has 0 radical (unpaired) electrons. The average Bonchev–Trinajstić information content (AvgIpc) is 2.62. The van der Waals surface area contributed by atoms with Crippen LogP contribution in [0, 0.1) is 0 Å². The van der Waals surface area contributed by atoms with Gasteiger partial charge in [0.05, 0.1) is 33.3 Å². The highest BCUT2D eigenvalue weighted by atomic mass is 32.1. The fraction of sp³-hybridized carbons (Fsp3) is 0.316. The Morgan fingerprint density at radius 3 is 2.32 bits per heavy atom. The van der Waals surface area contributed by atoms with Crippen molar-refractivity contribution in [1.29, 1.82) is 0 Å². The number of ether oxygens (including phenoxy) is 2. The standard InChI is InChI=1S/C19H22F3N3O2S/c1-25(2)16(15-6-4-5-7-17(15)26-3)12-23-18(28)24-13-8-10-14(11-9-13)27-19(20,21)22/h4-11,16H,12H2,1-3H3,(H2,23,24,28)/p+1/t16-/m0/s1. The molecule has 2 aromatic rings. The molecule has 0 aromatic heterocycles. The third kappa shape index (κ3) is 6.58. The molecule has 1 atom stereocenters. The second kappa shape index (κ2) is 9.61. The van der Waals surface area contributed by atoms with Gasteiger partial charge in [0.25, 0.3) is 0 Å². The number of thiocarbonyl (C=S) groups is 1. The number of likely N-dealkylation sites (N-methyl/N-ethyl adjacent to an activating group) is 1. The minimum absolute atomic E-state index is 0.0819. The predicted octanol–water partition coefficient (Wildman–Crippen LogP) is 2.77. The molecule has 0 aliphatic carbocycles. The van der Waals surface area contributed by atoms with E-state index in [0.29, 0.717) is 17.3 Å². The van der Waals surface area contributed by atoms with E-state index in [2.05, 4.69) is 15.4 Å². The summed E-state index contributed by atoms with van der Waals surface area (Å²) < 4.78 is 45.9. The Balaban J connectivity index is 1.96. The van der Waals surface area contributed by atoms with Crippen LogP contribution in [0.5, 0.6) is 11.5 Å². The Morgan fingerprint density at radius 1 is 1.11 bits per heavy atom. The average molecular weight is 414 g/mol. The van der Waals surface area contributed by atoms with Gasteiger partial charge in [-0.3, -0.25) is 0 Å². The molecule has 0 aliphatic rings. The van der Waals surface area contributed by atoms with Crippen LogP contribution in [0.25, 0.3) is 0 Å². The number of para-hydroxylation sites is 1. The first-order valence-electron chi connectivity index (χ1n) is 8.53. The van der Waals surface area contributed by atoms with E-state index in [0.717, 1.165) is 11.3 Å². The number of quaternary nitrogens is 1. The van der Waals surface area contributed by atoms with Crippen molar-refractivity contribution in [3.63, 3.8) is 0 Å². The zero-order valence-corrected chi connectivity index (χ0v) is 16.6. The molecule has 0 spiro atoms. The summed E-state index contributed by atoms with van der Waals surface area (Å²) in [6.45, 7) is 0.545. The van der Waals surface area contributed by atoms with Gasteiger partial charge in [-0.1, -0.05) is 12.1 Å². The van der Waals surface area contributed by atoms with Crippen LogP contribution in [0.4, 0.5) is 18.9 Å². The van der Waals surface area contributed by atoms with Gasteiger partial charge in [-0.25, -0.2) is 0 Å². The topological polar surface area (TPSA) is 47.0 Å². The van der Waals surface area contributed by atoms with Crippen molar-refractivity contribution in [3.05, 3.63) is 54.1 Å². The van der Waals surface area contributed by atoms with Crippen molar-refractivity contribution in [2.75, 3.05) is 33.1 Å². The van der Waals surface area contributed by atoms with Gasteiger partial charge >= 0.3 is 6.36 Å². The summed E-state index contributed by atoms with van der Waals surface area (Å²) in [7, 11) is 5.70. The lowest BCUT2D eigenvalue weighted by atomic mass is 10.0. The number of alkyl halides is 3. The van der Waals surface area contributed by atoms with E-state index >= 15 is 0 Å². The Labute approximate surface area is 167 Å². The third-order valence-electron chi connectivity index (χ3n) is 4.02. The molecule has 5 nitrogen and oxygen atoms in total. The van der Waals surface area contributed by atoms with Gasteiger partial charge < -0.3 is 25.0 Å². The number of halogens is 3. The zero-order valence-electron chi connectivity index (χ0n) is 15.8. The number of nitrogens with one attached hydrogen (secondary N) is 3. The van der Waals surface area contributed by atoms with Crippen LogP contribution < -0.4 is 25.0 Å². The number of rotatable bonds is 7. The van der Waals surface area contributed by atoms with Crippen LogP contribution in [-0.4, -0.2) is 39.2 Å². The van der Waals surface area contributed by atoms with E-state index in [4.69, 9.17) is 17.0 Å². The SMILES string of the molecule is COc1ccccc1[C@H](CNC(=S)Nc1ccc(OC(F)(F)F)cc1)[NH+](C)C. The van der Waals surface area contributed by atoms with Crippen LogP contribution in [0.2, 0.25) is 0 Å². The number of methoxy groups -OCH3 is 1. The van der Waals surface area contributed by atoms with Crippen molar-refractivity contribution in [3.8, 4) is 11.5 Å². The smallest absolute Gasteiger partial charge is 0.496 e. The summed E-state index contributed by atoms with van der Waals surface area (Å²) in [5.74, 6) is 0.513. The fourth-order valence-electron chi connectivity index (χ4n) is 2.69. The summed E-state index contributed by atoms with van der Waals surface area (Å²) in [5, 5.41) is 6.46. The Morgan fingerprint density at radius 2 is 1.75 bits per heavy atom. The van der Waals surface area contributed by atoms with E-state index < -0.39 is 6.36 Å². The molecule has 28 heavy (non-hydrogen) atoms. The van der Waals surface area contributed by atoms with Crippen LogP contribution in [0.15, 0.2) is 48.5 Å². The minimum atomic E-state index is -4.71. The Bertz CT molecular complexity index is 783. The molecular weight excluding hydrogens is 391 g/mol. The predicted molar refractivity (Wildman–Crippen MR) is 106 cm³/mol. The summed E-state index contributed by atoms with van der Waals surface area (Å²) >= 11 is 5.30. The number of anilines is 1. The first-order valence-corrected chi connectivity index (χ1v) is 8.94. The molecule has 2 rings (SSSR count). The summed E-state index contributed by atoms with van der Waals surface area (Å²) in [6.07, 6.45) is -4.71.